The van der Waals surface area contributed by atoms with Crippen LogP contribution >= 0.6 is 22.6 Å². The molecule has 0 N–H and O–H groups in total. The van der Waals surface area contributed by atoms with E-state index in [0.717, 1.165) is 69.2 Å². The molecule has 0 amide bonds. The monoisotopic (exact) mass is 498 g/mol. The summed E-state index contributed by atoms with van der Waals surface area (Å²) in [6.45, 7) is 11.0. The van der Waals surface area contributed by atoms with E-state index < -0.39 is 5.97 Å². The molecule has 27 heavy (non-hydrogen) atoms. The zero-order valence-electron chi connectivity index (χ0n) is 18.7. The molecular weight excluding hydrogens is 451 g/mol. The molecule has 0 aliphatic rings. The van der Waals surface area contributed by atoms with Crippen LogP contribution in [0.15, 0.2) is 0 Å². The van der Waals surface area contributed by atoms with E-state index in [4.69, 9.17) is 14.2 Å². The molecule has 0 rings (SSSR count). The number of hydrogen-bond donors (Lipinski definition) is 0. The van der Waals surface area contributed by atoms with Crippen LogP contribution < -0.4 is 0 Å². The summed E-state index contributed by atoms with van der Waals surface area (Å²) in [7, 11) is 0. The van der Waals surface area contributed by atoms with E-state index in [1.807, 2.05) is 0 Å². The molecule has 164 valence electrons. The molecule has 0 radical (unpaired) electrons. The molecule has 0 fully saturated rings. The SMILES string of the molecule is CCCCCCCCC(CI)C(OCCCC)(OCCCC)OCCCC. The highest BCUT2D eigenvalue weighted by atomic mass is 127. The van der Waals surface area contributed by atoms with Crippen LogP contribution in [-0.4, -0.2) is 30.2 Å². The van der Waals surface area contributed by atoms with E-state index >= 15 is 0 Å². The maximum absolute atomic E-state index is 6.36. The zero-order valence-corrected chi connectivity index (χ0v) is 20.9. The van der Waals surface area contributed by atoms with Crippen molar-refractivity contribution in [1.29, 1.82) is 0 Å². The van der Waals surface area contributed by atoms with Crippen molar-refractivity contribution in [2.24, 2.45) is 5.92 Å². The van der Waals surface area contributed by atoms with Crippen molar-refractivity contribution >= 4 is 22.6 Å². The predicted octanol–water partition coefficient (Wildman–Crippen LogP) is 7.89. The average molecular weight is 499 g/mol. The fourth-order valence-electron chi connectivity index (χ4n) is 3.07. The number of hydrogen-bond acceptors (Lipinski definition) is 3. The second-order valence-electron chi connectivity index (χ2n) is 7.62. The van der Waals surface area contributed by atoms with Crippen LogP contribution in [-0.2, 0) is 14.2 Å². The van der Waals surface area contributed by atoms with Crippen molar-refractivity contribution in [2.75, 3.05) is 24.2 Å². The van der Waals surface area contributed by atoms with Crippen LogP contribution in [0.25, 0.3) is 0 Å². The van der Waals surface area contributed by atoms with Gasteiger partial charge in [-0.25, -0.2) is 0 Å². The average Bonchev–Trinajstić information content (AvgIpc) is 2.67. The van der Waals surface area contributed by atoms with Gasteiger partial charge in [0.05, 0.1) is 19.8 Å². The van der Waals surface area contributed by atoms with Gasteiger partial charge < -0.3 is 14.2 Å². The maximum Gasteiger partial charge on any atom is 0.286 e. The van der Waals surface area contributed by atoms with Gasteiger partial charge in [0.25, 0.3) is 5.97 Å². The first-order valence-corrected chi connectivity index (χ1v) is 13.2. The first kappa shape index (κ1) is 27.6. The largest absolute Gasteiger partial charge is 0.327 e. The fraction of sp³-hybridized carbons (Fsp3) is 1.00. The first-order valence-electron chi connectivity index (χ1n) is 11.7. The van der Waals surface area contributed by atoms with Gasteiger partial charge in [-0.15, -0.1) is 0 Å². The van der Waals surface area contributed by atoms with Crippen molar-refractivity contribution in [3.05, 3.63) is 0 Å². The summed E-state index contributed by atoms with van der Waals surface area (Å²) in [6.07, 6.45) is 15.6. The lowest BCUT2D eigenvalue weighted by atomic mass is 9.99. The van der Waals surface area contributed by atoms with E-state index in [0.29, 0.717) is 5.92 Å². The summed E-state index contributed by atoms with van der Waals surface area (Å²) in [5.41, 5.74) is 0. The lowest BCUT2D eigenvalue weighted by Gasteiger charge is -2.39. The second-order valence-corrected chi connectivity index (χ2v) is 8.50. The van der Waals surface area contributed by atoms with Gasteiger partial charge >= 0.3 is 0 Å². The predicted molar refractivity (Wildman–Crippen MR) is 126 cm³/mol. The quantitative estimate of drug-likeness (QED) is 0.0697. The van der Waals surface area contributed by atoms with Gasteiger partial charge in [0, 0.05) is 10.3 Å². The van der Waals surface area contributed by atoms with Crippen LogP contribution in [0.1, 0.15) is 111 Å². The Bertz CT molecular complexity index is 273. The summed E-state index contributed by atoms with van der Waals surface area (Å²) < 4.78 is 20.1. The van der Waals surface area contributed by atoms with Gasteiger partial charge in [-0.05, 0) is 25.7 Å². The minimum Gasteiger partial charge on any atom is -0.327 e. The molecule has 0 aliphatic heterocycles. The Morgan fingerprint density at radius 2 is 1.00 bits per heavy atom. The molecule has 1 unspecified atom stereocenters. The summed E-state index contributed by atoms with van der Waals surface area (Å²) in [5, 5.41) is 0. The topological polar surface area (TPSA) is 27.7 Å². The van der Waals surface area contributed by atoms with E-state index in [1.165, 1.54) is 38.5 Å². The van der Waals surface area contributed by atoms with E-state index in [2.05, 4.69) is 50.3 Å². The van der Waals surface area contributed by atoms with E-state index in [9.17, 15) is 0 Å². The molecule has 0 saturated heterocycles. The molecule has 0 aliphatic carbocycles. The van der Waals surface area contributed by atoms with Crippen molar-refractivity contribution in [2.45, 2.75) is 117 Å². The lowest BCUT2D eigenvalue weighted by Crippen LogP contribution is -2.48. The van der Waals surface area contributed by atoms with E-state index in [-0.39, 0.29) is 0 Å². The Labute approximate surface area is 183 Å². The summed E-state index contributed by atoms with van der Waals surface area (Å²) in [4.78, 5) is 0. The molecule has 3 nitrogen and oxygen atoms in total. The highest BCUT2D eigenvalue weighted by Gasteiger charge is 2.41. The van der Waals surface area contributed by atoms with Gasteiger partial charge in [0.1, 0.15) is 0 Å². The third kappa shape index (κ3) is 13.5. The van der Waals surface area contributed by atoms with E-state index in [1.54, 1.807) is 0 Å². The Hall–Kier alpha value is 0.610. The number of unbranched alkanes of at least 4 members (excludes halogenated alkanes) is 8. The van der Waals surface area contributed by atoms with Crippen LogP contribution in [0.3, 0.4) is 0 Å². The molecule has 0 saturated carbocycles. The lowest BCUT2D eigenvalue weighted by molar-refractivity contribution is -0.403. The second kappa shape index (κ2) is 19.9. The van der Waals surface area contributed by atoms with Gasteiger partial charge in [0.2, 0.25) is 0 Å². The Morgan fingerprint density at radius 3 is 1.41 bits per heavy atom. The van der Waals surface area contributed by atoms with Gasteiger partial charge in [-0.2, -0.15) is 0 Å². The molecule has 0 aromatic rings. The third-order valence-electron chi connectivity index (χ3n) is 5.00. The Morgan fingerprint density at radius 1 is 0.593 bits per heavy atom. The smallest absolute Gasteiger partial charge is 0.286 e. The molecule has 0 aromatic carbocycles. The number of alkyl halides is 1. The molecule has 0 heterocycles. The minimum atomic E-state index is -0.843. The molecule has 4 heteroatoms. The number of halogens is 1. The van der Waals surface area contributed by atoms with Crippen molar-refractivity contribution < 1.29 is 14.2 Å². The molecule has 0 spiro atoms. The molecule has 0 aromatic heterocycles. The Balaban J connectivity index is 4.92. The van der Waals surface area contributed by atoms with Gasteiger partial charge in [-0.1, -0.05) is 108 Å². The molecule has 1 atom stereocenters. The van der Waals surface area contributed by atoms with Crippen LogP contribution in [0.5, 0.6) is 0 Å². The number of ether oxygens (including phenoxy) is 3. The number of rotatable bonds is 21. The van der Waals surface area contributed by atoms with Gasteiger partial charge in [-0.3, -0.25) is 0 Å². The maximum atomic E-state index is 6.36. The molecule has 0 bridgehead atoms. The fourth-order valence-corrected chi connectivity index (χ4v) is 4.05. The summed E-state index contributed by atoms with van der Waals surface area (Å²) >= 11 is 2.49. The summed E-state index contributed by atoms with van der Waals surface area (Å²) in [6, 6.07) is 0. The van der Waals surface area contributed by atoms with Crippen LogP contribution in [0.4, 0.5) is 0 Å². The highest BCUT2D eigenvalue weighted by Crippen LogP contribution is 2.33. The summed E-state index contributed by atoms with van der Waals surface area (Å²) in [5.74, 6) is -0.542. The zero-order chi connectivity index (χ0) is 20.2. The van der Waals surface area contributed by atoms with Crippen LogP contribution in [0, 0.1) is 5.92 Å². The molecular formula is C23H47IO3. The first-order chi connectivity index (χ1) is 13.2. The Kier molecular flexibility index (Phi) is 20.4. The van der Waals surface area contributed by atoms with Crippen molar-refractivity contribution in [3.63, 3.8) is 0 Å². The third-order valence-corrected chi connectivity index (χ3v) is 6.06. The highest BCUT2D eigenvalue weighted by molar-refractivity contribution is 14.1. The van der Waals surface area contributed by atoms with Crippen molar-refractivity contribution in [1.82, 2.24) is 0 Å². The minimum absolute atomic E-state index is 0.301. The van der Waals surface area contributed by atoms with Crippen molar-refractivity contribution in [3.8, 4) is 0 Å². The van der Waals surface area contributed by atoms with Crippen LogP contribution in [0.2, 0.25) is 0 Å². The van der Waals surface area contributed by atoms with Gasteiger partial charge in [0.15, 0.2) is 0 Å². The normalized spacial score (nSPS) is 13.2. The standard InChI is InChI=1S/C23H47IO3/c1-5-9-13-14-15-16-17-22(21-24)23(25-18-10-6-2,26-19-11-7-3)27-20-12-8-4/h22H,5-21H2,1-4H3.